The average molecular weight is 276 g/mol. The normalized spacial score (nSPS) is 11.2. The molecule has 0 aliphatic heterocycles. The van der Waals surface area contributed by atoms with Crippen molar-refractivity contribution in [3.05, 3.63) is 22.6 Å². The first-order valence-corrected chi connectivity index (χ1v) is 6.13. The molecule has 0 radical (unpaired) electrons. The SMILES string of the molecule is CCCCN(CCO)Cc1ccc(Br)o1. The highest BCUT2D eigenvalue weighted by Gasteiger charge is 2.07. The van der Waals surface area contributed by atoms with E-state index in [4.69, 9.17) is 9.52 Å². The van der Waals surface area contributed by atoms with Crippen LogP contribution in [0.2, 0.25) is 0 Å². The zero-order valence-corrected chi connectivity index (χ0v) is 10.7. The minimum Gasteiger partial charge on any atom is -0.453 e. The molecule has 0 aliphatic carbocycles. The summed E-state index contributed by atoms with van der Waals surface area (Å²) >= 11 is 3.28. The topological polar surface area (TPSA) is 36.6 Å². The predicted molar refractivity (Wildman–Crippen MR) is 63.7 cm³/mol. The van der Waals surface area contributed by atoms with Gasteiger partial charge in [0.05, 0.1) is 13.2 Å². The largest absolute Gasteiger partial charge is 0.453 e. The quantitative estimate of drug-likeness (QED) is 0.831. The van der Waals surface area contributed by atoms with Crippen LogP contribution in [0.15, 0.2) is 21.2 Å². The van der Waals surface area contributed by atoms with E-state index >= 15 is 0 Å². The summed E-state index contributed by atoms with van der Waals surface area (Å²) in [7, 11) is 0. The molecule has 0 saturated heterocycles. The zero-order chi connectivity index (χ0) is 11.1. The van der Waals surface area contributed by atoms with Crippen molar-refractivity contribution >= 4 is 15.9 Å². The van der Waals surface area contributed by atoms with Gasteiger partial charge in [0.1, 0.15) is 5.76 Å². The molecular weight excluding hydrogens is 258 g/mol. The second kappa shape index (κ2) is 7.04. The van der Waals surface area contributed by atoms with Gasteiger partial charge in [0.15, 0.2) is 4.67 Å². The molecule has 4 heteroatoms. The number of nitrogens with zero attached hydrogens (tertiary/aromatic N) is 1. The van der Waals surface area contributed by atoms with Crippen molar-refractivity contribution in [2.45, 2.75) is 26.3 Å². The highest BCUT2D eigenvalue weighted by Crippen LogP contribution is 2.15. The van der Waals surface area contributed by atoms with E-state index in [-0.39, 0.29) is 6.61 Å². The highest BCUT2D eigenvalue weighted by atomic mass is 79.9. The molecule has 0 unspecified atom stereocenters. The number of halogens is 1. The van der Waals surface area contributed by atoms with Crippen molar-refractivity contribution in [3.63, 3.8) is 0 Å². The first-order valence-electron chi connectivity index (χ1n) is 5.33. The van der Waals surface area contributed by atoms with E-state index in [9.17, 15) is 0 Å². The highest BCUT2D eigenvalue weighted by molar-refractivity contribution is 9.10. The van der Waals surface area contributed by atoms with Gasteiger partial charge in [0, 0.05) is 6.54 Å². The Morgan fingerprint density at radius 2 is 2.20 bits per heavy atom. The fraction of sp³-hybridized carbons (Fsp3) is 0.636. The van der Waals surface area contributed by atoms with Gasteiger partial charge in [-0.15, -0.1) is 0 Å². The first kappa shape index (κ1) is 12.7. The molecule has 0 fully saturated rings. The molecule has 0 bridgehead atoms. The van der Waals surface area contributed by atoms with Gasteiger partial charge in [-0.3, -0.25) is 4.90 Å². The van der Waals surface area contributed by atoms with E-state index in [0.29, 0.717) is 6.54 Å². The maximum Gasteiger partial charge on any atom is 0.169 e. The summed E-state index contributed by atoms with van der Waals surface area (Å²) in [5.41, 5.74) is 0. The van der Waals surface area contributed by atoms with Gasteiger partial charge in [0.25, 0.3) is 0 Å². The Balaban J connectivity index is 2.42. The van der Waals surface area contributed by atoms with Crippen molar-refractivity contribution in [1.82, 2.24) is 4.90 Å². The smallest absolute Gasteiger partial charge is 0.169 e. The second-order valence-electron chi connectivity index (χ2n) is 3.56. The summed E-state index contributed by atoms with van der Waals surface area (Å²) in [5.74, 6) is 0.937. The molecule has 0 amide bonds. The molecular formula is C11H18BrNO2. The van der Waals surface area contributed by atoms with Crippen molar-refractivity contribution in [2.24, 2.45) is 0 Å². The first-order chi connectivity index (χ1) is 7.26. The number of rotatable bonds is 7. The Morgan fingerprint density at radius 1 is 1.40 bits per heavy atom. The van der Waals surface area contributed by atoms with E-state index in [1.54, 1.807) is 0 Å². The van der Waals surface area contributed by atoms with E-state index in [0.717, 1.165) is 29.9 Å². The number of aliphatic hydroxyl groups excluding tert-OH is 1. The van der Waals surface area contributed by atoms with Gasteiger partial charge >= 0.3 is 0 Å². The third-order valence-corrected chi connectivity index (χ3v) is 2.68. The molecule has 86 valence electrons. The van der Waals surface area contributed by atoms with E-state index in [1.165, 1.54) is 6.42 Å². The summed E-state index contributed by atoms with van der Waals surface area (Å²) < 4.78 is 6.19. The molecule has 0 aliphatic rings. The van der Waals surface area contributed by atoms with Crippen molar-refractivity contribution < 1.29 is 9.52 Å². The molecule has 0 aromatic carbocycles. The van der Waals surface area contributed by atoms with Crippen LogP contribution in [0.3, 0.4) is 0 Å². The lowest BCUT2D eigenvalue weighted by molar-refractivity contribution is 0.178. The van der Waals surface area contributed by atoms with Crippen LogP contribution in [-0.4, -0.2) is 29.7 Å². The fourth-order valence-corrected chi connectivity index (χ4v) is 1.79. The molecule has 1 heterocycles. The van der Waals surface area contributed by atoms with Crippen LogP contribution in [0.4, 0.5) is 0 Å². The standard InChI is InChI=1S/C11H18BrNO2/c1-2-3-6-13(7-8-14)9-10-4-5-11(12)15-10/h4-5,14H,2-3,6-9H2,1H3. The van der Waals surface area contributed by atoms with Crippen LogP contribution in [0.1, 0.15) is 25.5 Å². The molecule has 0 spiro atoms. The van der Waals surface area contributed by atoms with Gasteiger partial charge in [-0.2, -0.15) is 0 Å². The number of aliphatic hydroxyl groups is 1. The van der Waals surface area contributed by atoms with Crippen molar-refractivity contribution in [2.75, 3.05) is 19.7 Å². The van der Waals surface area contributed by atoms with Gasteiger partial charge in [-0.05, 0) is 41.0 Å². The molecule has 3 nitrogen and oxygen atoms in total. The number of hydrogen-bond donors (Lipinski definition) is 1. The van der Waals surface area contributed by atoms with Crippen LogP contribution in [0.25, 0.3) is 0 Å². The summed E-state index contributed by atoms with van der Waals surface area (Å²) in [4.78, 5) is 2.20. The Labute approximate surface area is 99.2 Å². The molecule has 1 N–H and O–H groups in total. The van der Waals surface area contributed by atoms with Gasteiger partial charge < -0.3 is 9.52 Å². The van der Waals surface area contributed by atoms with Crippen LogP contribution in [0, 0.1) is 0 Å². The minimum absolute atomic E-state index is 0.200. The van der Waals surface area contributed by atoms with Gasteiger partial charge in [-0.1, -0.05) is 13.3 Å². The maximum atomic E-state index is 8.94. The molecule has 1 aromatic heterocycles. The molecule has 1 rings (SSSR count). The van der Waals surface area contributed by atoms with Crippen molar-refractivity contribution in [3.8, 4) is 0 Å². The van der Waals surface area contributed by atoms with Gasteiger partial charge in [-0.25, -0.2) is 0 Å². The third kappa shape index (κ3) is 4.82. The predicted octanol–water partition coefficient (Wildman–Crippen LogP) is 2.64. The molecule has 15 heavy (non-hydrogen) atoms. The lowest BCUT2D eigenvalue weighted by Crippen LogP contribution is -2.27. The third-order valence-electron chi connectivity index (χ3n) is 2.25. The number of hydrogen-bond acceptors (Lipinski definition) is 3. The molecule has 0 saturated carbocycles. The Hall–Kier alpha value is -0.320. The Kier molecular flexibility index (Phi) is 5.98. The summed E-state index contributed by atoms with van der Waals surface area (Å²) in [6.07, 6.45) is 2.33. The maximum absolute atomic E-state index is 8.94. The van der Waals surface area contributed by atoms with E-state index in [1.807, 2.05) is 12.1 Å². The monoisotopic (exact) mass is 275 g/mol. The zero-order valence-electron chi connectivity index (χ0n) is 9.08. The lowest BCUT2D eigenvalue weighted by atomic mass is 10.3. The van der Waals surface area contributed by atoms with E-state index < -0.39 is 0 Å². The fourth-order valence-electron chi connectivity index (χ4n) is 1.45. The molecule has 1 aromatic rings. The van der Waals surface area contributed by atoms with Crippen LogP contribution < -0.4 is 0 Å². The van der Waals surface area contributed by atoms with Gasteiger partial charge in [0.2, 0.25) is 0 Å². The summed E-state index contributed by atoms with van der Waals surface area (Å²) in [6.45, 7) is 4.85. The molecule has 0 atom stereocenters. The number of furan rings is 1. The summed E-state index contributed by atoms with van der Waals surface area (Å²) in [6, 6.07) is 3.85. The Morgan fingerprint density at radius 3 is 2.73 bits per heavy atom. The van der Waals surface area contributed by atoms with Crippen LogP contribution in [0.5, 0.6) is 0 Å². The Bertz CT molecular complexity index is 275. The van der Waals surface area contributed by atoms with E-state index in [2.05, 4.69) is 27.8 Å². The van der Waals surface area contributed by atoms with Crippen LogP contribution >= 0.6 is 15.9 Å². The van der Waals surface area contributed by atoms with Crippen LogP contribution in [-0.2, 0) is 6.54 Å². The summed E-state index contributed by atoms with van der Waals surface area (Å²) in [5, 5.41) is 8.94. The average Bonchev–Trinajstić information content (AvgIpc) is 2.61. The van der Waals surface area contributed by atoms with Crippen molar-refractivity contribution in [1.29, 1.82) is 0 Å². The lowest BCUT2D eigenvalue weighted by Gasteiger charge is -2.19. The second-order valence-corrected chi connectivity index (χ2v) is 4.34. The minimum atomic E-state index is 0.200. The number of unbranched alkanes of at least 4 members (excludes halogenated alkanes) is 1.